The van der Waals surface area contributed by atoms with E-state index in [2.05, 4.69) is 14.9 Å². The van der Waals surface area contributed by atoms with Crippen molar-refractivity contribution < 1.29 is 8.42 Å². The smallest absolute Gasteiger partial charge is 0.276 e. The molecule has 0 spiro atoms. The second-order valence-corrected chi connectivity index (χ2v) is 7.05. The van der Waals surface area contributed by atoms with Gasteiger partial charge < -0.3 is 4.98 Å². The van der Waals surface area contributed by atoms with Crippen LogP contribution in [-0.4, -0.2) is 19.6 Å². The van der Waals surface area contributed by atoms with Gasteiger partial charge in [-0.15, -0.1) is 0 Å². The first-order chi connectivity index (χ1) is 11.5. The molecule has 0 atom stereocenters. The van der Waals surface area contributed by atoms with Crippen LogP contribution >= 0.6 is 11.6 Å². The number of pyridine rings is 1. The first kappa shape index (κ1) is 16.2. The Morgan fingerprint density at radius 1 is 1.08 bits per heavy atom. The van der Waals surface area contributed by atoms with Crippen molar-refractivity contribution in [2.75, 3.05) is 0 Å². The lowest BCUT2D eigenvalue weighted by Gasteiger charge is -2.03. The van der Waals surface area contributed by atoms with E-state index in [1.165, 1.54) is 30.5 Å². The summed E-state index contributed by atoms with van der Waals surface area (Å²) in [6.07, 6.45) is 1.17. The van der Waals surface area contributed by atoms with Crippen LogP contribution in [0.25, 0.3) is 10.9 Å². The highest BCUT2D eigenvalue weighted by Crippen LogP contribution is 2.13. The average molecular weight is 362 g/mol. The number of rotatable bonds is 4. The fraction of sp³-hybridized carbons (Fsp3) is 0. The van der Waals surface area contributed by atoms with Crippen LogP contribution in [0.15, 0.2) is 69.4 Å². The summed E-state index contributed by atoms with van der Waals surface area (Å²) in [4.78, 5) is 16.8. The fourth-order valence-corrected chi connectivity index (χ4v) is 3.01. The number of H-pyrrole nitrogens is 1. The van der Waals surface area contributed by atoms with Crippen LogP contribution in [0.4, 0.5) is 0 Å². The van der Waals surface area contributed by atoms with E-state index in [1.54, 1.807) is 12.1 Å². The van der Waals surface area contributed by atoms with Crippen molar-refractivity contribution in [3.8, 4) is 0 Å². The summed E-state index contributed by atoms with van der Waals surface area (Å²) in [5.41, 5.74) is 0.581. The number of hydrazone groups is 1. The molecule has 0 fully saturated rings. The van der Waals surface area contributed by atoms with Crippen molar-refractivity contribution in [2.24, 2.45) is 5.10 Å². The number of fused-ring (bicyclic) bond motifs is 1. The van der Waals surface area contributed by atoms with Crippen molar-refractivity contribution in [3.63, 3.8) is 0 Å². The minimum Gasteiger partial charge on any atom is -0.321 e. The molecular weight excluding hydrogens is 350 g/mol. The SMILES string of the molecule is O=c1[nH]c2ccccc2cc1/C=N/NS(=O)(=O)c1ccc(Cl)cc1. The van der Waals surface area contributed by atoms with Gasteiger partial charge in [-0.2, -0.15) is 13.5 Å². The lowest BCUT2D eigenvalue weighted by molar-refractivity contribution is 0.584. The van der Waals surface area contributed by atoms with Gasteiger partial charge in [0.05, 0.1) is 16.7 Å². The summed E-state index contributed by atoms with van der Waals surface area (Å²) in [7, 11) is -3.82. The van der Waals surface area contributed by atoms with Gasteiger partial charge in [0.25, 0.3) is 15.6 Å². The van der Waals surface area contributed by atoms with Gasteiger partial charge in [0, 0.05) is 10.5 Å². The van der Waals surface area contributed by atoms with Gasteiger partial charge >= 0.3 is 0 Å². The molecule has 0 radical (unpaired) electrons. The number of nitrogens with one attached hydrogen (secondary N) is 2. The first-order valence-electron chi connectivity index (χ1n) is 6.88. The fourth-order valence-electron chi connectivity index (χ4n) is 2.09. The molecule has 122 valence electrons. The Morgan fingerprint density at radius 2 is 1.79 bits per heavy atom. The zero-order chi connectivity index (χ0) is 17.2. The Kier molecular flexibility index (Phi) is 4.37. The highest BCUT2D eigenvalue weighted by molar-refractivity contribution is 7.89. The zero-order valence-corrected chi connectivity index (χ0v) is 13.8. The maximum atomic E-state index is 12.1. The van der Waals surface area contributed by atoms with E-state index in [0.29, 0.717) is 10.5 Å². The van der Waals surface area contributed by atoms with Gasteiger partial charge in [-0.1, -0.05) is 29.8 Å². The third kappa shape index (κ3) is 3.47. The topological polar surface area (TPSA) is 91.4 Å². The standard InChI is InChI=1S/C16H12ClN3O3S/c17-13-5-7-14(8-6-13)24(22,23)20-18-10-12-9-11-3-1-2-4-15(11)19-16(12)21/h1-10,20H,(H,19,21)/b18-10+. The molecule has 0 aliphatic rings. The predicted octanol–water partition coefficient (Wildman–Crippen LogP) is 2.49. The minimum atomic E-state index is -3.82. The molecule has 3 rings (SSSR count). The summed E-state index contributed by atoms with van der Waals surface area (Å²) < 4.78 is 24.2. The molecular formula is C16H12ClN3O3S. The summed E-state index contributed by atoms with van der Waals surface area (Å²) in [5, 5.41) is 4.91. The van der Waals surface area contributed by atoms with Crippen molar-refractivity contribution in [3.05, 3.63) is 75.5 Å². The van der Waals surface area contributed by atoms with Crippen molar-refractivity contribution in [1.82, 2.24) is 9.82 Å². The number of aromatic nitrogens is 1. The molecule has 2 N–H and O–H groups in total. The van der Waals surface area contributed by atoms with Gasteiger partial charge in [0.15, 0.2) is 0 Å². The third-order valence-electron chi connectivity index (χ3n) is 3.28. The molecule has 0 aliphatic carbocycles. The Labute approximate surface area is 142 Å². The van der Waals surface area contributed by atoms with E-state index in [0.717, 1.165) is 5.39 Å². The predicted molar refractivity (Wildman–Crippen MR) is 93.9 cm³/mol. The van der Waals surface area contributed by atoms with Crippen LogP contribution < -0.4 is 10.4 Å². The molecule has 24 heavy (non-hydrogen) atoms. The highest BCUT2D eigenvalue weighted by atomic mass is 35.5. The van der Waals surface area contributed by atoms with E-state index in [1.807, 2.05) is 18.2 Å². The van der Waals surface area contributed by atoms with Crippen LogP contribution in [0.3, 0.4) is 0 Å². The second kappa shape index (κ2) is 6.46. The van der Waals surface area contributed by atoms with Crippen LogP contribution in [0.1, 0.15) is 5.56 Å². The van der Waals surface area contributed by atoms with Crippen molar-refractivity contribution >= 4 is 38.7 Å². The number of halogens is 1. The number of aromatic amines is 1. The Morgan fingerprint density at radius 3 is 2.54 bits per heavy atom. The van der Waals surface area contributed by atoms with Crippen LogP contribution in [0.5, 0.6) is 0 Å². The largest absolute Gasteiger partial charge is 0.321 e. The van der Waals surface area contributed by atoms with E-state index < -0.39 is 10.0 Å². The molecule has 0 saturated heterocycles. The van der Waals surface area contributed by atoms with Crippen molar-refractivity contribution in [1.29, 1.82) is 0 Å². The monoisotopic (exact) mass is 361 g/mol. The van der Waals surface area contributed by atoms with Crippen LogP contribution in [0, 0.1) is 0 Å². The van der Waals surface area contributed by atoms with Gasteiger partial charge in [0.2, 0.25) is 0 Å². The quantitative estimate of drug-likeness (QED) is 0.552. The Balaban J connectivity index is 1.85. The molecule has 0 aliphatic heterocycles. The van der Waals surface area contributed by atoms with E-state index in [9.17, 15) is 13.2 Å². The van der Waals surface area contributed by atoms with Crippen molar-refractivity contribution in [2.45, 2.75) is 4.90 Å². The summed E-state index contributed by atoms with van der Waals surface area (Å²) >= 11 is 5.73. The molecule has 2 aromatic carbocycles. The zero-order valence-electron chi connectivity index (χ0n) is 12.2. The van der Waals surface area contributed by atoms with E-state index >= 15 is 0 Å². The van der Waals surface area contributed by atoms with Gasteiger partial charge in [0.1, 0.15) is 0 Å². The summed E-state index contributed by atoms with van der Waals surface area (Å²) in [5.74, 6) is 0. The van der Waals surface area contributed by atoms with E-state index in [-0.39, 0.29) is 16.0 Å². The molecule has 0 amide bonds. The maximum Gasteiger partial charge on any atom is 0.276 e. The number of hydrogen-bond acceptors (Lipinski definition) is 4. The number of benzene rings is 2. The lowest BCUT2D eigenvalue weighted by atomic mass is 10.2. The second-order valence-electron chi connectivity index (χ2n) is 4.95. The number of nitrogens with zero attached hydrogens (tertiary/aromatic N) is 1. The Hall–Kier alpha value is -2.64. The normalized spacial score (nSPS) is 11.9. The van der Waals surface area contributed by atoms with Crippen LogP contribution in [0.2, 0.25) is 5.02 Å². The average Bonchev–Trinajstić information content (AvgIpc) is 2.55. The minimum absolute atomic E-state index is 0.0245. The molecule has 1 aromatic heterocycles. The maximum absolute atomic E-state index is 12.1. The highest BCUT2D eigenvalue weighted by Gasteiger charge is 2.12. The molecule has 8 heteroatoms. The number of para-hydroxylation sites is 1. The molecule has 1 heterocycles. The number of hydrogen-bond donors (Lipinski definition) is 2. The molecule has 0 bridgehead atoms. The van der Waals surface area contributed by atoms with Gasteiger partial charge in [-0.25, -0.2) is 4.83 Å². The Bertz CT molecular complexity index is 1070. The van der Waals surface area contributed by atoms with Crippen LogP contribution in [-0.2, 0) is 10.0 Å². The number of sulfonamides is 1. The molecule has 0 unspecified atom stereocenters. The molecule has 0 saturated carbocycles. The summed E-state index contributed by atoms with van der Waals surface area (Å²) in [6, 6.07) is 14.6. The first-order valence-corrected chi connectivity index (χ1v) is 8.74. The molecule has 6 nitrogen and oxygen atoms in total. The molecule has 3 aromatic rings. The van der Waals surface area contributed by atoms with Gasteiger partial charge in [-0.3, -0.25) is 4.79 Å². The summed E-state index contributed by atoms with van der Waals surface area (Å²) in [6.45, 7) is 0. The third-order valence-corrected chi connectivity index (χ3v) is 4.77. The van der Waals surface area contributed by atoms with Gasteiger partial charge in [-0.05, 0) is 41.8 Å². The lowest BCUT2D eigenvalue weighted by Crippen LogP contribution is -2.19. The van der Waals surface area contributed by atoms with E-state index in [4.69, 9.17) is 11.6 Å².